The Bertz CT molecular complexity index is 476. The lowest BCUT2D eigenvalue weighted by molar-refractivity contribution is -0.144. The number of rotatable bonds is 12. The van der Waals surface area contributed by atoms with E-state index in [0.717, 1.165) is 0 Å². The first-order valence-electron chi connectivity index (χ1n) is 9.18. The molecular weight excluding hydrogens is 339 g/mol. The molecule has 0 spiro atoms. The molecule has 3 atom stereocenters. The number of hydrogen-bond donors (Lipinski definition) is 0. The molecule has 0 saturated carbocycles. The summed E-state index contributed by atoms with van der Waals surface area (Å²) in [5.41, 5.74) is -1.50. The van der Waals surface area contributed by atoms with Crippen LogP contribution in [0.5, 0.6) is 0 Å². The van der Waals surface area contributed by atoms with Crippen molar-refractivity contribution >= 4 is 11.8 Å². The van der Waals surface area contributed by atoms with Gasteiger partial charge in [0, 0.05) is 40.3 Å². The Labute approximate surface area is 156 Å². The monoisotopic (exact) mass is 372 g/mol. The van der Waals surface area contributed by atoms with E-state index in [4.69, 9.17) is 9.47 Å². The molecule has 1 fully saturated rings. The van der Waals surface area contributed by atoms with Crippen molar-refractivity contribution in [2.24, 2.45) is 5.92 Å². The van der Waals surface area contributed by atoms with Crippen LogP contribution in [0.2, 0.25) is 0 Å². The summed E-state index contributed by atoms with van der Waals surface area (Å²) in [6, 6.07) is -0.532. The Kier molecular flexibility index (Phi) is 9.22. The van der Waals surface area contributed by atoms with Crippen molar-refractivity contribution in [3.05, 3.63) is 12.7 Å². The number of likely N-dealkylation sites (tertiary alicyclic amines) is 1. The highest BCUT2D eigenvalue weighted by atomic mass is 19.1. The Morgan fingerprint density at radius 3 is 2.46 bits per heavy atom. The van der Waals surface area contributed by atoms with Gasteiger partial charge in [0.1, 0.15) is 11.7 Å². The molecule has 0 aromatic heterocycles. The number of amides is 2. The van der Waals surface area contributed by atoms with Gasteiger partial charge in [0.15, 0.2) is 0 Å². The number of methoxy groups -OCH3 is 2. The van der Waals surface area contributed by atoms with Crippen molar-refractivity contribution in [1.82, 2.24) is 9.80 Å². The summed E-state index contributed by atoms with van der Waals surface area (Å²) >= 11 is 0. The summed E-state index contributed by atoms with van der Waals surface area (Å²) in [7, 11) is 3.16. The van der Waals surface area contributed by atoms with Crippen LogP contribution in [0.25, 0.3) is 0 Å². The second-order valence-corrected chi connectivity index (χ2v) is 7.04. The van der Waals surface area contributed by atoms with Crippen LogP contribution in [0.15, 0.2) is 12.7 Å². The lowest BCUT2D eigenvalue weighted by Crippen LogP contribution is -2.50. The van der Waals surface area contributed by atoms with Crippen LogP contribution in [0.1, 0.15) is 33.1 Å². The quantitative estimate of drug-likeness (QED) is 0.492. The molecular formula is C19H33FN2O4. The van der Waals surface area contributed by atoms with E-state index in [0.29, 0.717) is 39.3 Å². The third kappa shape index (κ3) is 6.36. The van der Waals surface area contributed by atoms with Crippen LogP contribution < -0.4 is 0 Å². The van der Waals surface area contributed by atoms with Gasteiger partial charge in [0.2, 0.25) is 11.8 Å². The van der Waals surface area contributed by atoms with Crippen molar-refractivity contribution in [2.75, 3.05) is 47.1 Å². The smallest absolute Gasteiger partial charge is 0.245 e. The van der Waals surface area contributed by atoms with Gasteiger partial charge >= 0.3 is 0 Å². The fourth-order valence-electron chi connectivity index (χ4n) is 3.37. The van der Waals surface area contributed by atoms with Crippen LogP contribution >= 0.6 is 0 Å². The van der Waals surface area contributed by atoms with Gasteiger partial charge in [-0.2, -0.15) is 0 Å². The standard InChI is InChI=1S/C19H33FN2O4/c1-6-16(18(24)21(8-10-25-4)9-11-26-5)22-14-15(12-17(22)23)13-19(3,20)7-2/h7,15-16H,2,6,8-14H2,1,3-5H3/t15-,16?,19?/m0/s1. The minimum Gasteiger partial charge on any atom is -0.383 e. The zero-order valence-corrected chi connectivity index (χ0v) is 16.5. The zero-order valence-electron chi connectivity index (χ0n) is 16.5. The molecule has 6 nitrogen and oxygen atoms in total. The lowest BCUT2D eigenvalue weighted by atomic mass is 9.93. The number of carbonyl (C=O) groups excluding carboxylic acids is 2. The third-order valence-electron chi connectivity index (χ3n) is 4.84. The van der Waals surface area contributed by atoms with Crippen LogP contribution in [0.3, 0.4) is 0 Å². The summed E-state index contributed by atoms with van der Waals surface area (Å²) in [5.74, 6) is -0.306. The van der Waals surface area contributed by atoms with Crippen molar-refractivity contribution in [3.8, 4) is 0 Å². The second-order valence-electron chi connectivity index (χ2n) is 7.04. The first kappa shape index (κ1) is 22.6. The van der Waals surface area contributed by atoms with Gasteiger partial charge in [-0.3, -0.25) is 9.59 Å². The van der Waals surface area contributed by atoms with Crippen LogP contribution in [0.4, 0.5) is 4.39 Å². The molecule has 2 unspecified atom stereocenters. The average Bonchev–Trinajstić information content (AvgIpc) is 2.95. The van der Waals surface area contributed by atoms with Gasteiger partial charge in [-0.15, -0.1) is 0 Å². The minimum atomic E-state index is -1.50. The highest BCUT2D eigenvalue weighted by molar-refractivity contribution is 5.88. The molecule has 1 saturated heterocycles. The maximum Gasteiger partial charge on any atom is 0.245 e. The molecule has 0 bridgehead atoms. The summed E-state index contributed by atoms with van der Waals surface area (Å²) in [4.78, 5) is 28.8. The van der Waals surface area contributed by atoms with Crippen molar-refractivity contribution < 1.29 is 23.5 Å². The molecule has 0 radical (unpaired) electrons. The topological polar surface area (TPSA) is 59.1 Å². The van der Waals surface area contributed by atoms with Gasteiger partial charge in [0.25, 0.3) is 0 Å². The van der Waals surface area contributed by atoms with E-state index in [2.05, 4.69) is 6.58 Å². The number of allylic oxidation sites excluding steroid dienone is 1. The third-order valence-corrected chi connectivity index (χ3v) is 4.84. The molecule has 0 aromatic rings. The largest absolute Gasteiger partial charge is 0.383 e. The van der Waals surface area contributed by atoms with Crippen LogP contribution in [0, 0.1) is 5.92 Å². The molecule has 1 aliphatic heterocycles. The van der Waals surface area contributed by atoms with E-state index in [-0.39, 0.29) is 30.6 Å². The van der Waals surface area contributed by atoms with E-state index in [1.54, 1.807) is 24.0 Å². The first-order chi connectivity index (χ1) is 12.3. The van der Waals surface area contributed by atoms with E-state index in [9.17, 15) is 14.0 Å². The highest BCUT2D eigenvalue weighted by Gasteiger charge is 2.40. The number of nitrogens with zero attached hydrogens (tertiary/aromatic N) is 2. The van der Waals surface area contributed by atoms with Crippen molar-refractivity contribution in [2.45, 2.75) is 44.8 Å². The minimum absolute atomic E-state index is 0.0894. The van der Waals surface area contributed by atoms with E-state index >= 15 is 0 Å². The molecule has 0 aromatic carbocycles. The zero-order chi connectivity index (χ0) is 19.7. The first-order valence-corrected chi connectivity index (χ1v) is 9.18. The van der Waals surface area contributed by atoms with Gasteiger partial charge in [-0.05, 0) is 25.7 Å². The predicted octanol–water partition coefficient (Wildman–Crippen LogP) is 2.04. The molecule has 0 aliphatic carbocycles. The fraction of sp³-hybridized carbons (Fsp3) is 0.789. The Morgan fingerprint density at radius 1 is 1.42 bits per heavy atom. The Morgan fingerprint density at radius 2 is 2.00 bits per heavy atom. The Balaban J connectivity index is 2.82. The Hall–Kier alpha value is -1.47. The molecule has 7 heteroatoms. The van der Waals surface area contributed by atoms with Crippen molar-refractivity contribution in [3.63, 3.8) is 0 Å². The molecule has 1 heterocycles. The summed E-state index contributed by atoms with van der Waals surface area (Å²) in [5, 5.41) is 0. The summed E-state index contributed by atoms with van der Waals surface area (Å²) in [6.07, 6.45) is 2.30. The maximum absolute atomic E-state index is 14.2. The van der Waals surface area contributed by atoms with E-state index < -0.39 is 11.7 Å². The molecule has 0 N–H and O–H groups in total. The van der Waals surface area contributed by atoms with Gasteiger partial charge in [-0.25, -0.2) is 4.39 Å². The lowest BCUT2D eigenvalue weighted by Gasteiger charge is -2.32. The van der Waals surface area contributed by atoms with Gasteiger partial charge in [-0.1, -0.05) is 19.6 Å². The molecule has 2 amide bonds. The second kappa shape index (κ2) is 10.6. The summed E-state index contributed by atoms with van der Waals surface area (Å²) < 4.78 is 24.4. The van der Waals surface area contributed by atoms with E-state index in [1.165, 1.54) is 13.0 Å². The number of carbonyl (C=O) groups is 2. The van der Waals surface area contributed by atoms with Gasteiger partial charge < -0.3 is 19.3 Å². The van der Waals surface area contributed by atoms with E-state index in [1.807, 2.05) is 6.92 Å². The number of halogens is 1. The predicted molar refractivity (Wildman–Crippen MR) is 98.6 cm³/mol. The van der Waals surface area contributed by atoms with Crippen LogP contribution in [-0.2, 0) is 19.1 Å². The number of alkyl halides is 1. The SMILES string of the molecule is C=CC(C)(F)C[C@@H]1CC(=O)N(C(CC)C(=O)N(CCOC)CCOC)C1. The average molecular weight is 372 g/mol. The van der Waals surface area contributed by atoms with Crippen molar-refractivity contribution in [1.29, 1.82) is 0 Å². The molecule has 150 valence electrons. The normalized spacial score (nSPS) is 20.7. The highest BCUT2D eigenvalue weighted by Crippen LogP contribution is 2.31. The molecule has 1 rings (SSSR count). The maximum atomic E-state index is 14.2. The van der Waals surface area contributed by atoms with Crippen LogP contribution in [-0.4, -0.2) is 80.4 Å². The summed E-state index contributed by atoms with van der Waals surface area (Å²) in [6.45, 7) is 8.99. The number of hydrogen-bond acceptors (Lipinski definition) is 4. The van der Waals surface area contributed by atoms with Gasteiger partial charge in [0.05, 0.1) is 13.2 Å². The number of ether oxygens (including phenoxy) is 2. The molecule has 1 aliphatic rings. The molecule has 26 heavy (non-hydrogen) atoms. The fourth-order valence-corrected chi connectivity index (χ4v) is 3.37.